The quantitative estimate of drug-likeness (QED) is 0.417. The van der Waals surface area contributed by atoms with E-state index < -0.39 is 24.3 Å². The molecular formula is C23H22F4N4O2. The van der Waals surface area contributed by atoms with E-state index in [0.29, 0.717) is 41.5 Å². The van der Waals surface area contributed by atoms with Crippen LogP contribution >= 0.6 is 0 Å². The Morgan fingerprint density at radius 2 is 1.88 bits per heavy atom. The van der Waals surface area contributed by atoms with Gasteiger partial charge < -0.3 is 10.2 Å². The summed E-state index contributed by atoms with van der Waals surface area (Å²) in [5.74, 6) is -1.12. The van der Waals surface area contributed by atoms with Crippen molar-refractivity contribution in [1.82, 2.24) is 20.4 Å². The Balaban J connectivity index is 1.40. The van der Waals surface area contributed by atoms with Crippen LogP contribution in [0.3, 0.4) is 0 Å². The van der Waals surface area contributed by atoms with Crippen LogP contribution in [0.5, 0.6) is 0 Å². The molecule has 1 aliphatic rings. The van der Waals surface area contributed by atoms with Gasteiger partial charge in [0, 0.05) is 37.4 Å². The maximum atomic E-state index is 14.4. The number of rotatable bonds is 7. The summed E-state index contributed by atoms with van der Waals surface area (Å²) in [6, 6.07) is 11.2. The van der Waals surface area contributed by atoms with Crippen LogP contribution in [-0.4, -0.2) is 52.9 Å². The standard InChI is InChI=1S/C23H22F4N4O2/c24-19-7-6-14(11-20-16-4-1-2-5-17(16)21(32)30-29-20)10-18(19)22(33)31-12-15(13-31)28-9-3-8-23(25,26)27/h1-2,4-7,10,15,28H,3,8-9,11-13H2,(H,30,32). The number of carbonyl (C=O) groups is 1. The van der Waals surface area contributed by atoms with Gasteiger partial charge in [0.2, 0.25) is 0 Å². The highest BCUT2D eigenvalue weighted by molar-refractivity contribution is 5.95. The van der Waals surface area contributed by atoms with Crippen LogP contribution in [-0.2, 0) is 6.42 Å². The van der Waals surface area contributed by atoms with Gasteiger partial charge in [-0.15, -0.1) is 0 Å². The molecule has 0 saturated carbocycles. The van der Waals surface area contributed by atoms with E-state index in [1.54, 1.807) is 30.3 Å². The Morgan fingerprint density at radius 3 is 2.61 bits per heavy atom. The molecular weight excluding hydrogens is 440 g/mol. The van der Waals surface area contributed by atoms with Crippen molar-refractivity contribution in [3.05, 3.63) is 75.5 Å². The molecule has 1 fully saturated rings. The lowest BCUT2D eigenvalue weighted by atomic mass is 10.0. The topological polar surface area (TPSA) is 78.1 Å². The van der Waals surface area contributed by atoms with E-state index in [9.17, 15) is 27.2 Å². The molecule has 10 heteroatoms. The third kappa shape index (κ3) is 5.39. The molecule has 6 nitrogen and oxygen atoms in total. The number of H-pyrrole nitrogens is 1. The van der Waals surface area contributed by atoms with Crippen LogP contribution in [0, 0.1) is 5.82 Å². The fraction of sp³-hybridized carbons (Fsp3) is 0.348. The van der Waals surface area contributed by atoms with Gasteiger partial charge in [0.1, 0.15) is 5.82 Å². The first kappa shape index (κ1) is 22.9. The molecule has 1 amide bonds. The van der Waals surface area contributed by atoms with Gasteiger partial charge in [-0.3, -0.25) is 9.59 Å². The van der Waals surface area contributed by atoms with Crippen LogP contribution in [0.1, 0.15) is 34.5 Å². The Hall–Kier alpha value is -3.27. The lowest BCUT2D eigenvalue weighted by molar-refractivity contribution is -0.135. The summed E-state index contributed by atoms with van der Waals surface area (Å²) < 4.78 is 51.0. The Labute approximate surface area is 186 Å². The first-order valence-corrected chi connectivity index (χ1v) is 10.6. The van der Waals surface area contributed by atoms with Gasteiger partial charge in [-0.1, -0.05) is 24.3 Å². The molecule has 0 bridgehead atoms. The smallest absolute Gasteiger partial charge is 0.335 e. The predicted molar refractivity (Wildman–Crippen MR) is 115 cm³/mol. The van der Waals surface area contributed by atoms with Gasteiger partial charge in [0.05, 0.1) is 16.6 Å². The minimum Gasteiger partial charge on any atom is -0.335 e. The summed E-state index contributed by atoms with van der Waals surface area (Å²) in [7, 11) is 0. The van der Waals surface area contributed by atoms with Gasteiger partial charge in [-0.05, 0) is 36.7 Å². The summed E-state index contributed by atoms with van der Waals surface area (Å²) in [4.78, 5) is 26.2. The molecule has 2 N–H and O–H groups in total. The van der Waals surface area contributed by atoms with Gasteiger partial charge in [0.15, 0.2) is 0 Å². The first-order valence-electron chi connectivity index (χ1n) is 10.6. The van der Waals surface area contributed by atoms with Crippen LogP contribution < -0.4 is 10.9 Å². The predicted octanol–water partition coefficient (Wildman–Crippen LogP) is 3.41. The number of nitrogens with one attached hydrogen (secondary N) is 2. The molecule has 0 unspecified atom stereocenters. The average molecular weight is 462 g/mol. The Kier molecular flexibility index (Phi) is 6.46. The minimum absolute atomic E-state index is 0.0297. The second-order valence-electron chi connectivity index (χ2n) is 8.12. The minimum atomic E-state index is -4.18. The summed E-state index contributed by atoms with van der Waals surface area (Å²) in [5.41, 5.74) is 0.884. The molecule has 2 heterocycles. The monoisotopic (exact) mass is 462 g/mol. The number of hydrogen-bond acceptors (Lipinski definition) is 4. The third-order valence-electron chi connectivity index (χ3n) is 5.65. The fourth-order valence-corrected chi connectivity index (χ4v) is 3.88. The maximum Gasteiger partial charge on any atom is 0.389 e. The lowest BCUT2D eigenvalue weighted by Crippen LogP contribution is -2.60. The molecule has 1 saturated heterocycles. The highest BCUT2D eigenvalue weighted by Gasteiger charge is 2.32. The molecule has 3 aromatic rings. The van der Waals surface area contributed by atoms with Crippen LogP contribution in [0.2, 0.25) is 0 Å². The zero-order chi connectivity index (χ0) is 23.6. The first-order chi connectivity index (χ1) is 15.7. The van der Waals surface area contributed by atoms with E-state index in [0.717, 1.165) is 0 Å². The zero-order valence-corrected chi connectivity index (χ0v) is 17.6. The number of nitrogens with zero attached hydrogens (tertiary/aromatic N) is 2. The van der Waals surface area contributed by atoms with Crippen molar-refractivity contribution >= 4 is 16.7 Å². The lowest BCUT2D eigenvalue weighted by Gasteiger charge is -2.40. The van der Waals surface area contributed by atoms with Gasteiger partial charge in [0.25, 0.3) is 11.5 Å². The largest absolute Gasteiger partial charge is 0.389 e. The van der Waals surface area contributed by atoms with E-state index in [2.05, 4.69) is 15.5 Å². The van der Waals surface area contributed by atoms with Gasteiger partial charge in [-0.2, -0.15) is 18.3 Å². The van der Waals surface area contributed by atoms with Crippen molar-refractivity contribution < 1.29 is 22.4 Å². The van der Waals surface area contributed by atoms with Crippen molar-refractivity contribution in [3.8, 4) is 0 Å². The summed E-state index contributed by atoms with van der Waals surface area (Å²) in [6.45, 7) is 0.817. The van der Waals surface area contributed by atoms with E-state index in [1.165, 1.54) is 17.0 Å². The fourth-order valence-electron chi connectivity index (χ4n) is 3.88. The van der Waals surface area contributed by atoms with E-state index >= 15 is 0 Å². The van der Waals surface area contributed by atoms with Crippen molar-refractivity contribution in [3.63, 3.8) is 0 Å². The molecule has 4 rings (SSSR count). The molecule has 0 aliphatic carbocycles. The normalized spacial score (nSPS) is 14.5. The van der Waals surface area contributed by atoms with Crippen molar-refractivity contribution in [2.24, 2.45) is 0 Å². The second kappa shape index (κ2) is 9.30. The molecule has 1 aromatic heterocycles. The van der Waals surface area contributed by atoms with Gasteiger partial charge >= 0.3 is 6.18 Å². The number of aromatic amines is 1. The number of fused-ring (bicyclic) bond motifs is 1. The van der Waals surface area contributed by atoms with Crippen molar-refractivity contribution in [2.75, 3.05) is 19.6 Å². The van der Waals surface area contributed by atoms with Crippen LogP contribution in [0.15, 0.2) is 47.3 Å². The highest BCUT2D eigenvalue weighted by atomic mass is 19.4. The number of alkyl halides is 3. The van der Waals surface area contributed by atoms with Crippen LogP contribution in [0.25, 0.3) is 10.8 Å². The number of aromatic nitrogens is 2. The zero-order valence-electron chi connectivity index (χ0n) is 17.6. The molecule has 2 aromatic carbocycles. The number of likely N-dealkylation sites (tertiary alicyclic amines) is 1. The summed E-state index contributed by atoms with van der Waals surface area (Å²) >= 11 is 0. The van der Waals surface area contributed by atoms with E-state index in [1.807, 2.05) is 0 Å². The highest BCUT2D eigenvalue weighted by Crippen LogP contribution is 2.22. The number of carbonyl (C=O) groups excluding carboxylic acids is 1. The molecule has 33 heavy (non-hydrogen) atoms. The van der Waals surface area contributed by atoms with Crippen molar-refractivity contribution in [1.29, 1.82) is 0 Å². The molecule has 1 aliphatic heterocycles. The van der Waals surface area contributed by atoms with E-state index in [-0.39, 0.29) is 30.1 Å². The summed E-state index contributed by atoms with van der Waals surface area (Å²) in [6.07, 6.45) is -4.77. The molecule has 0 spiro atoms. The Bertz CT molecular complexity index is 1220. The number of amides is 1. The number of benzene rings is 2. The van der Waals surface area contributed by atoms with E-state index in [4.69, 9.17) is 0 Å². The number of halogens is 4. The molecule has 0 atom stereocenters. The van der Waals surface area contributed by atoms with Crippen molar-refractivity contribution in [2.45, 2.75) is 31.5 Å². The Morgan fingerprint density at radius 1 is 1.15 bits per heavy atom. The third-order valence-corrected chi connectivity index (χ3v) is 5.65. The number of hydrogen-bond donors (Lipinski definition) is 2. The average Bonchev–Trinajstić information content (AvgIpc) is 2.74. The summed E-state index contributed by atoms with van der Waals surface area (Å²) in [5, 5.41) is 10.7. The molecule has 174 valence electrons. The maximum absolute atomic E-state index is 14.4. The second-order valence-corrected chi connectivity index (χ2v) is 8.12. The van der Waals surface area contributed by atoms with Crippen LogP contribution in [0.4, 0.5) is 17.6 Å². The SMILES string of the molecule is O=C(c1cc(Cc2n[nH]c(=O)c3ccccc23)ccc1F)N1CC(NCCCC(F)(F)F)C1. The van der Waals surface area contributed by atoms with Gasteiger partial charge in [-0.25, -0.2) is 9.49 Å². The molecule has 0 radical (unpaired) electrons.